The average molecular weight is 269 g/mol. The molecule has 0 spiro atoms. The predicted octanol–water partition coefficient (Wildman–Crippen LogP) is 1.54. The van der Waals surface area contributed by atoms with E-state index >= 15 is 0 Å². The number of rotatable bonds is 8. The van der Waals surface area contributed by atoms with Gasteiger partial charge in [-0.15, -0.1) is 0 Å². The molecule has 0 saturated heterocycles. The van der Waals surface area contributed by atoms with Crippen LogP contribution >= 0.6 is 12.2 Å². The second-order valence-corrected chi connectivity index (χ2v) is 4.81. The molecule has 0 unspecified atom stereocenters. The van der Waals surface area contributed by atoms with Crippen molar-refractivity contribution in [2.24, 2.45) is 0 Å². The molecule has 5 heteroatoms. The first-order valence-corrected chi connectivity index (χ1v) is 6.93. The maximum Gasteiger partial charge on any atom is 0.224 e. The molecule has 102 valence electrons. The number of hydrogen-bond acceptors (Lipinski definition) is 5. The number of hydrogen-bond donors (Lipinski definition) is 1. The molecule has 0 amide bonds. The van der Waals surface area contributed by atoms with Gasteiger partial charge in [-0.25, -0.2) is 0 Å². The van der Waals surface area contributed by atoms with Crippen LogP contribution in [0.3, 0.4) is 0 Å². The maximum atomic E-state index is 11.9. The minimum Gasteiger partial charge on any atom is -0.371 e. The van der Waals surface area contributed by atoms with Crippen LogP contribution in [0.1, 0.15) is 20.3 Å². The summed E-state index contributed by atoms with van der Waals surface area (Å²) < 4.78 is 0.490. The number of nitrogens with zero attached hydrogens (tertiary/aromatic N) is 2. The zero-order valence-electron chi connectivity index (χ0n) is 11.7. The smallest absolute Gasteiger partial charge is 0.224 e. The highest BCUT2D eigenvalue weighted by atomic mass is 32.1. The van der Waals surface area contributed by atoms with Crippen LogP contribution in [-0.2, 0) is 0 Å². The monoisotopic (exact) mass is 269 g/mol. The second kappa shape index (κ2) is 6.85. The molecule has 0 atom stereocenters. The highest BCUT2D eigenvalue weighted by Gasteiger charge is 2.24. The van der Waals surface area contributed by atoms with Crippen molar-refractivity contribution in [2.45, 2.75) is 20.3 Å². The number of anilines is 2. The van der Waals surface area contributed by atoms with Crippen molar-refractivity contribution in [1.82, 2.24) is 5.32 Å². The fraction of sp³-hybridized carbons (Fsp3) is 0.692. The molecule has 0 fully saturated rings. The summed E-state index contributed by atoms with van der Waals surface area (Å²) in [5.74, 6) is 0. The van der Waals surface area contributed by atoms with Crippen LogP contribution < -0.4 is 20.5 Å². The van der Waals surface area contributed by atoms with Gasteiger partial charge in [0.15, 0.2) is 0 Å². The molecule has 1 rings (SSSR count). The Morgan fingerprint density at radius 1 is 1.22 bits per heavy atom. The van der Waals surface area contributed by atoms with Crippen molar-refractivity contribution in [3.63, 3.8) is 0 Å². The summed E-state index contributed by atoms with van der Waals surface area (Å²) in [6, 6.07) is 0. The zero-order chi connectivity index (χ0) is 13.7. The van der Waals surface area contributed by atoms with E-state index in [1.54, 1.807) is 0 Å². The van der Waals surface area contributed by atoms with Crippen LogP contribution in [0.15, 0.2) is 4.79 Å². The van der Waals surface area contributed by atoms with Crippen LogP contribution in [-0.4, -0.2) is 40.3 Å². The Labute approximate surface area is 114 Å². The summed E-state index contributed by atoms with van der Waals surface area (Å²) in [5.41, 5.74) is 1.79. The lowest BCUT2D eigenvalue weighted by atomic mass is 10.1. The van der Waals surface area contributed by atoms with Crippen molar-refractivity contribution in [3.05, 3.63) is 14.7 Å². The lowest BCUT2D eigenvalue weighted by molar-refractivity contribution is 0.710. The van der Waals surface area contributed by atoms with Crippen LogP contribution in [0, 0.1) is 4.51 Å². The molecular formula is C13H23N3OS. The Morgan fingerprint density at radius 2 is 1.83 bits per heavy atom. The van der Waals surface area contributed by atoms with Crippen molar-refractivity contribution in [1.29, 1.82) is 0 Å². The lowest BCUT2D eigenvalue weighted by Gasteiger charge is -2.30. The van der Waals surface area contributed by atoms with E-state index in [4.69, 9.17) is 12.2 Å². The largest absolute Gasteiger partial charge is 0.371 e. The Bertz CT molecular complexity index is 447. The molecule has 0 aliphatic heterocycles. The molecule has 0 saturated carbocycles. The highest BCUT2D eigenvalue weighted by Crippen LogP contribution is 2.30. The second-order valence-electron chi connectivity index (χ2n) is 4.41. The minimum absolute atomic E-state index is 0.0316. The predicted molar refractivity (Wildman–Crippen MR) is 81.3 cm³/mol. The third-order valence-corrected chi connectivity index (χ3v) is 3.62. The van der Waals surface area contributed by atoms with E-state index < -0.39 is 0 Å². The Hall–Kier alpha value is -0.940. The molecule has 0 heterocycles. The molecule has 1 aromatic carbocycles. The Balaban J connectivity index is 2.86. The van der Waals surface area contributed by atoms with Crippen molar-refractivity contribution >= 4 is 23.6 Å². The standard InChI is InChI=1S/C13H23N3OS/c1-5-16(6-2)10-11(13(18)12(10)17)15(4)9-7-8-14-3/h14H,5-9H2,1-4H3. The van der Waals surface area contributed by atoms with E-state index in [0.29, 0.717) is 4.51 Å². The van der Waals surface area contributed by atoms with Crippen LogP contribution in [0.2, 0.25) is 0 Å². The van der Waals surface area contributed by atoms with Crippen LogP contribution in [0.4, 0.5) is 11.4 Å². The quantitative estimate of drug-likeness (QED) is 0.572. The number of nitrogens with one attached hydrogen (secondary N) is 1. The van der Waals surface area contributed by atoms with E-state index in [1.165, 1.54) is 0 Å². The van der Waals surface area contributed by atoms with Gasteiger partial charge in [-0.05, 0) is 33.9 Å². The Kier molecular flexibility index (Phi) is 5.75. The van der Waals surface area contributed by atoms with E-state index in [-0.39, 0.29) is 5.43 Å². The molecule has 0 bridgehead atoms. The summed E-state index contributed by atoms with van der Waals surface area (Å²) in [7, 11) is 3.95. The third kappa shape index (κ3) is 2.90. The molecular weight excluding hydrogens is 246 g/mol. The van der Waals surface area contributed by atoms with Crippen LogP contribution in [0.25, 0.3) is 0 Å². The van der Waals surface area contributed by atoms with Gasteiger partial charge in [0, 0.05) is 26.7 Å². The van der Waals surface area contributed by atoms with Crippen molar-refractivity contribution in [3.8, 4) is 0 Å². The van der Waals surface area contributed by atoms with Gasteiger partial charge in [0.2, 0.25) is 5.43 Å². The Morgan fingerprint density at radius 3 is 2.33 bits per heavy atom. The fourth-order valence-corrected chi connectivity index (χ4v) is 2.51. The topological polar surface area (TPSA) is 35.6 Å². The summed E-state index contributed by atoms with van der Waals surface area (Å²) in [4.78, 5) is 16.1. The normalized spacial score (nSPS) is 10.9. The van der Waals surface area contributed by atoms with Crippen LogP contribution in [0.5, 0.6) is 0 Å². The van der Waals surface area contributed by atoms with E-state index in [1.807, 2.05) is 14.1 Å². The van der Waals surface area contributed by atoms with Gasteiger partial charge >= 0.3 is 0 Å². The summed E-state index contributed by atoms with van der Waals surface area (Å²) >= 11 is 5.18. The van der Waals surface area contributed by atoms with E-state index in [2.05, 4.69) is 29.0 Å². The summed E-state index contributed by atoms with van der Waals surface area (Å²) in [5, 5.41) is 3.12. The first-order chi connectivity index (χ1) is 8.58. The van der Waals surface area contributed by atoms with Gasteiger partial charge in [0.25, 0.3) is 0 Å². The van der Waals surface area contributed by atoms with Crippen molar-refractivity contribution < 1.29 is 0 Å². The SMILES string of the molecule is CCN(CC)c1c(N(C)CCCNC)c(=S)c1=O. The minimum atomic E-state index is 0.0316. The molecule has 0 aliphatic rings. The van der Waals surface area contributed by atoms with Gasteiger partial charge in [-0.2, -0.15) is 0 Å². The van der Waals surface area contributed by atoms with Gasteiger partial charge in [-0.1, -0.05) is 12.2 Å². The average Bonchev–Trinajstić information content (AvgIpc) is 2.38. The van der Waals surface area contributed by atoms with Gasteiger partial charge in [0.1, 0.15) is 10.2 Å². The molecule has 4 nitrogen and oxygen atoms in total. The van der Waals surface area contributed by atoms with Gasteiger partial charge in [0.05, 0.1) is 5.69 Å². The highest BCUT2D eigenvalue weighted by molar-refractivity contribution is 7.71. The first-order valence-electron chi connectivity index (χ1n) is 6.52. The van der Waals surface area contributed by atoms with Gasteiger partial charge < -0.3 is 15.1 Å². The van der Waals surface area contributed by atoms with E-state index in [9.17, 15) is 4.79 Å². The molecule has 0 radical (unpaired) electrons. The third-order valence-electron chi connectivity index (χ3n) is 3.24. The summed E-state index contributed by atoms with van der Waals surface area (Å²) in [6.07, 6.45) is 1.04. The van der Waals surface area contributed by atoms with E-state index in [0.717, 1.165) is 44.0 Å². The molecule has 1 aromatic rings. The zero-order valence-corrected chi connectivity index (χ0v) is 12.6. The molecule has 0 aromatic heterocycles. The molecule has 0 aliphatic carbocycles. The molecule has 1 N–H and O–H groups in total. The first kappa shape index (κ1) is 15.1. The van der Waals surface area contributed by atoms with Gasteiger partial charge in [-0.3, -0.25) is 4.79 Å². The fourth-order valence-electron chi connectivity index (χ4n) is 2.16. The maximum absolute atomic E-state index is 11.9. The van der Waals surface area contributed by atoms with Crippen molar-refractivity contribution in [2.75, 3.05) is 50.1 Å². The summed E-state index contributed by atoms with van der Waals surface area (Å²) in [6.45, 7) is 7.68. The molecule has 18 heavy (non-hydrogen) atoms. The lowest BCUT2D eigenvalue weighted by Crippen LogP contribution is -2.36.